The Bertz CT molecular complexity index is 634. The molecule has 25 heavy (non-hydrogen) atoms. The first-order valence-corrected chi connectivity index (χ1v) is 9.54. The highest BCUT2D eigenvalue weighted by atomic mass is 16.5. The zero-order chi connectivity index (χ0) is 18.4. The maximum absolute atomic E-state index is 13.2. The molecule has 4 heteroatoms. The first-order chi connectivity index (χ1) is 11.7. The summed E-state index contributed by atoms with van der Waals surface area (Å²) in [5.74, 6) is 0.612. The molecule has 5 atom stereocenters. The summed E-state index contributed by atoms with van der Waals surface area (Å²) in [6.45, 7) is 8.20. The van der Waals surface area contributed by atoms with Crippen molar-refractivity contribution in [2.75, 3.05) is 6.61 Å². The van der Waals surface area contributed by atoms with Crippen molar-refractivity contribution < 1.29 is 19.1 Å². The predicted octanol–water partition coefficient (Wildman–Crippen LogP) is 3.88. The normalized spacial score (nSPS) is 41.0. The Morgan fingerprint density at radius 2 is 2.04 bits per heavy atom. The number of hydrogen-bond acceptors (Lipinski definition) is 4. The average Bonchev–Trinajstić information content (AvgIpc) is 2.54. The van der Waals surface area contributed by atoms with Gasteiger partial charge in [-0.2, -0.15) is 0 Å². The summed E-state index contributed by atoms with van der Waals surface area (Å²) < 4.78 is 5.37. The maximum Gasteiger partial charge on any atom is 0.302 e. The van der Waals surface area contributed by atoms with Crippen LogP contribution in [0.5, 0.6) is 0 Å². The summed E-state index contributed by atoms with van der Waals surface area (Å²) in [7, 11) is 0. The van der Waals surface area contributed by atoms with Crippen molar-refractivity contribution in [1.82, 2.24) is 0 Å². The summed E-state index contributed by atoms with van der Waals surface area (Å²) in [5, 5.41) is 0. The molecule has 0 heterocycles. The molecule has 0 spiro atoms. The van der Waals surface area contributed by atoms with E-state index >= 15 is 0 Å². The Hall–Kier alpha value is -1.45. The minimum absolute atomic E-state index is 0.0556. The number of fused-ring (bicyclic) bond motifs is 3. The van der Waals surface area contributed by atoms with Crippen molar-refractivity contribution in [2.45, 2.75) is 66.2 Å². The predicted molar refractivity (Wildman–Crippen MR) is 94.8 cm³/mol. The minimum Gasteiger partial charge on any atom is -0.465 e. The summed E-state index contributed by atoms with van der Waals surface area (Å²) in [6.07, 6.45) is 6.36. The van der Waals surface area contributed by atoms with E-state index in [9.17, 15) is 14.4 Å². The second kappa shape index (κ2) is 6.37. The molecule has 0 saturated heterocycles. The number of allylic oxidation sites excluding steroid dienone is 2. The van der Waals surface area contributed by atoms with Crippen LogP contribution in [0, 0.1) is 28.6 Å². The second-order valence-electron chi connectivity index (χ2n) is 8.97. The molecule has 3 aliphatic rings. The number of esters is 1. The topological polar surface area (TPSA) is 60.4 Å². The van der Waals surface area contributed by atoms with Crippen LogP contribution in [0.2, 0.25) is 0 Å². The first kappa shape index (κ1) is 18.3. The molecule has 138 valence electrons. The second-order valence-corrected chi connectivity index (χ2v) is 8.97. The lowest BCUT2D eigenvalue weighted by atomic mass is 9.44. The molecule has 0 amide bonds. The number of ketones is 1. The number of hydrogen-bond donors (Lipinski definition) is 0. The van der Waals surface area contributed by atoms with Crippen LogP contribution < -0.4 is 0 Å². The third-order valence-electron chi connectivity index (χ3n) is 7.43. The molecule has 2 saturated carbocycles. The Labute approximate surface area is 150 Å². The molecule has 0 radical (unpaired) electrons. The smallest absolute Gasteiger partial charge is 0.302 e. The number of carbonyl (C=O) groups excluding carboxylic acids is 3. The van der Waals surface area contributed by atoms with Gasteiger partial charge in [-0.1, -0.05) is 25.8 Å². The van der Waals surface area contributed by atoms with Crippen molar-refractivity contribution in [3.8, 4) is 0 Å². The van der Waals surface area contributed by atoms with Gasteiger partial charge in [0.1, 0.15) is 12.1 Å². The summed E-state index contributed by atoms with van der Waals surface area (Å²) in [5.41, 5.74) is 1.69. The van der Waals surface area contributed by atoms with Gasteiger partial charge in [0.25, 0.3) is 0 Å². The third kappa shape index (κ3) is 2.88. The van der Waals surface area contributed by atoms with Gasteiger partial charge < -0.3 is 4.74 Å². The van der Waals surface area contributed by atoms with Crippen LogP contribution in [-0.4, -0.2) is 24.6 Å². The fraction of sp³-hybridized carbons (Fsp3) is 0.762. The van der Waals surface area contributed by atoms with Crippen molar-refractivity contribution in [2.24, 2.45) is 28.6 Å². The molecule has 0 aromatic heterocycles. The van der Waals surface area contributed by atoms with Crippen molar-refractivity contribution in [3.63, 3.8) is 0 Å². The Kier molecular flexibility index (Phi) is 4.67. The highest BCUT2D eigenvalue weighted by molar-refractivity contribution is 5.85. The third-order valence-corrected chi connectivity index (χ3v) is 7.43. The lowest BCUT2D eigenvalue weighted by Crippen LogP contribution is -2.58. The molecule has 0 unspecified atom stereocenters. The van der Waals surface area contributed by atoms with E-state index in [2.05, 4.69) is 13.8 Å². The van der Waals surface area contributed by atoms with Gasteiger partial charge in [-0.3, -0.25) is 14.4 Å². The molecular formula is C21H30O4. The fourth-order valence-electron chi connectivity index (χ4n) is 6.36. The van der Waals surface area contributed by atoms with Gasteiger partial charge >= 0.3 is 5.97 Å². The maximum atomic E-state index is 13.2. The summed E-state index contributed by atoms with van der Waals surface area (Å²) in [4.78, 5) is 35.9. The monoisotopic (exact) mass is 346 g/mol. The van der Waals surface area contributed by atoms with E-state index in [1.807, 2.05) is 6.92 Å². The van der Waals surface area contributed by atoms with Crippen LogP contribution in [0.4, 0.5) is 0 Å². The lowest BCUT2D eigenvalue weighted by Gasteiger charge is -2.60. The van der Waals surface area contributed by atoms with Crippen LogP contribution in [0.15, 0.2) is 11.1 Å². The number of carbonyl (C=O) groups is 3. The quantitative estimate of drug-likeness (QED) is 0.575. The van der Waals surface area contributed by atoms with E-state index in [-0.39, 0.29) is 28.6 Å². The lowest BCUT2D eigenvalue weighted by molar-refractivity contribution is -0.168. The Morgan fingerprint density at radius 3 is 2.68 bits per heavy atom. The number of aldehydes is 1. The van der Waals surface area contributed by atoms with Gasteiger partial charge in [0, 0.05) is 24.7 Å². The van der Waals surface area contributed by atoms with Gasteiger partial charge in [0.05, 0.1) is 6.61 Å². The van der Waals surface area contributed by atoms with E-state index in [0.717, 1.165) is 49.5 Å². The largest absolute Gasteiger partial charge is 0.465 e. The summed E-state index contributed by atoms with van der Waals surface area (Å²) in [6, 6.07) is 0. The van der Waals surface area contributed by atoms with Crippen LogP contribution in [0.1, 0.15) is 66.2 Å². The van der Waals surface area contributed by atoms with E-state index in [0.29, 0.717) is 24.7 Å². The molecule has 0 aromatic rings. The molecule has 0 bridgehead atoms. The highest BCUT2D eigenvalue weighted by Gasteiger charge is 2.60. The van der Waals surface area contributed by atoms with Gasteiger partial charge in [-0.25, -0.2) is 0 Å². The zero-order valence-electron chi connectivity index (χ0n) is 15.9. The van der Waals surface area contributed by atoms with Gasteiger partial charge in [-0.05, 0) is 55.4 Å². The van der Waals surface area contributed by atoms with Crippen molar-refractivity contribution >= 4 is 18.0 Å². The van der Waals surface area contributed by atoms with Gasteiger partial charge in [0.15, 0.2) is 0 Å². The van der Waals surface area contributed by atoms with Crippen LogP contribution in [-0.2, 0) is 19.1 Å². The molecule has 2 fully saturated rings. The van der Waals surface area contributed by atoms with E-state index in [4.69, 9.17) is 4.74 Å². The molecule has 0 N–H and O–H groups in total. The van der Waals surface area contributed by atoms with Gasteiger partial charge in [-0.15, -0.1) is 0 Å². The van der Waals surface area contributed by atoms with Gasteiger partial charge in [0.2, 0.25) is 0 Å². The fourth-order valence-corrected chi connectivity index (χ4v) is 6.36. The average molecular weight is 346 g/mol. The standard InChI is InChI=1S/C21H30O4/c1-13-15(11-22)6-7-17-16(13)10-18(24)19-20(3,12-25-14(2)23)8-5-9-21(17,19)4/h11,16-17,19H,5-10,12H2,1-4H3/t16-,17-,19-,20-,21+/m0/s1. The zero-order valence-corrected chi connectivity index (χ0v) is 15.9. The Morgan fingerprint density at radius 1 is 1.32 bits per heavy atom. The first-order valence-electron chi connectivity index (χ1n) is 9.54. The number of Topliss-reactive ketones (excluding diaryl/α,β-unsaturated/α-hetero) is 1. The number of ether oxygens (including phenoxy) is 1. The molecule has 0 aliphatic heterocycles. The Balaban J connectivity index is 1.97. The summed E-state index contributed by atoms with van der Waals surface area (Å²) >= 11 is 0. The highest BCUT2D eigenvalue weighted by Crippen LogP contribution is 2.63. The number of rotatable bonds is 3. The van der Waals surface area contributed by atoms with Crippen LogP contribution in [0.3, 0.4) is 0 Å². The van der Waals surface area contributed by atoms with Crippen molar-refractivity contribution in [1.29, 1.82) is 0 Å². The van der Waals surface area contributed by atoms with Crippen LogP contribution >= 0.6 is 0 Å². The SMILES string of the molecule is CC(=O)OC[C@]1(C)CCC[C@]2(C)[C@H]3CCC(C=O)=C(C)[C@@H]3CC(=O)[C@@H]12. The van der Waals surface area contributed by atoms with Crippen molar-refractivity contribution in [3.05, 3.63) is 11.1 Å². The molecule has 0 aromatic carbocycles. The minimum atomic E-state index is -0.276. The van der Waals surface area contributed by atoms with E-state index in [1.165, 1.54) is 6.92 Å². The molecular weight excluding hydrogens is 316 g/mol. The van der Waals surface area contributed by atoms with Crippen LogP contribution in [0.25, 0.3) is 0 Å². The van der Waals surface area contributed by atoms with E-state index < -0.39 is 0 Å². The molecule has 4 nitrogen and oxygen atoms in total. The molecule has 3 aliphatic carbocycles. The molecule has 3 rings (SSSR count). The van der Waals surface area contributed by atoms with E-state index in [1.54, 1.807) is 0 Å².